The predicted molar refractivity (Wildman–Crippen MR) is 115 cm³/mol. The summed E-state index contributed by atoms with van der Waals surface area (Å²) >= 11 is 0. The molecule has 7 heteroatoms. The normalized spacial score (nSPS) is 11.8. The van der Waals surface area contributed by atoms with Crippen LogP contribution in [-0.2, 0) is 16.2 Å². The lowest BCUT2D eigenvalue weighted by molar-refractivity contribution is -0.134. The minimum atomic E-state index is -1.07. The first-order chi connectivity index (χ1) is 14.9. The standard InChI is InChI=1S/C24H22FN3O3/c1-28(23(24(26)30)19-5-2-6-20(25)14-19)22(29)12-9-17-7-10-21(11-8-17)31-16-18-4-3-13-27-15-18/h2-15,23H,16H2,1H3,(H2,26,30)/b12-9+. The number of likely N-dealkylation sites (N-methyl/N-ethyl adjacent to an activating group) is 1. The number of pyridine rings is 1. The van der Waals surface area contributed by atoms with Gasteiger partial charge < -0.3 is 15.4 Å². The van der Waals surface area contributed by atoms with Gasteiger partial charge in [-0.3, -0.25) is 14.6 Å². The molecule has 0 fully saturated rings. The maximum atomic E-state index is 13.5. The maximum absolute atomic E-state index is 13.5. The topological polar surface area (TPSA) is 85.5 Å². The van der Waals surface area contributed by atoms with E-state index in [0.29, 0.717) is 17.9 Å². The monoisotopic (exact) mass is 419 g/mol. The highest BCUT2D eigenvalue weighted by Gasteiger charge is 2.25. The Morgan fingerprint density at radius 2 is 1.94 bits per heavy atom. The molecule has 1 unspecified atom stereocenters. The van der Waals surface area contributed by atoms with Crippen molar-refractivity contribution >= 4 is 17.9 Å². The van der Waals surface area contributed by atoms with E-state index in [1.165, 1.54) is 36.2 Å². The average Bonchev–Trinajstić information content (AvgIpc) is 2.77. The van der Waals surface area contributed by atoms with Crippen molar-refractivity contribution in [3.8, 4) is 5.75 Å². The van der Waals surface area contributed by atoms with Crippen LogP contribution >= 0.6 is 0 Å². The number of primary amides is 1. The second-order valence-electron chi connectivity index (χ2n) is 6.86. The van der Waals surface area contributed by atoms with Crippen molar-refractivity contribution < 1.29 is 18.7 Å². The van der Waals surface area contributed by atoms with Gasteiger partial charge >= 0.3 is 0 Å². The van der Waals surface area contributed by atoms with E-state index in [1.807, 2.05) is 12.1 Å². The molecule has 0 aliphatic carbocycles. The molecule has 2 aromatic carbocycles. The zero-order chi connectivity index (χ0) is 22.2. The Bertz CT molecular complexity index is 1070. The zero-order valence-corrected chi connectivity index (χ0v) is 16.9. The lowest BCUT2D eigenvalue weighted by Gasteiger charge is -2.25. The molecule has 31 heavy (non-hydrogen) atoms. The Labute approximate surface area is 179 Å². The van der Waals surface area contributed by atoms with Gasteiger partial charge in [-0.15, -0.1) is 0 Å². The number of halogens is 1. The van der Waals surface area contributed by atoms with Gasteiger partial charge in [0.2, 0.25) is 11.8 Å². The second-order valence-corrected chi connectivity index (χ2v) is 6.86. The van der Waals surface area contributed by atoms with Gasteiger partial charge in [-0.2, -0.15) is 0 Å². The van der Waals surface area contributed by atoms with Gasteiger partial charge in [0.05, 0.1) is 0 Å². The Kier molecular flexibility index (Phi) is 7.11. The van der Waals surface area contributed by atoms with Crippen molar-refractivity contribution in [2.45, 2.75) is 12.6 Å². The van der Waals surface area contributed by atoms with E-state index in [2.05, 4.69) is 4.98 Å². The second kappa shape index (κ2) is 10.2. The highest BCUT2D eigenvalue weighted by Crippen LogP contribution is 2.21. The van der Waals surface area contributed by atoms with Crippen molar-refractivity contribution in [1.82, 2.24) is 9.88 Å². The molecule has 0 saturated carbocycles. The van der Waals surface area contributed by atoms with Crippen molar-refractivity contribution in [1.29, 1.82) is 0 Å². The fourth-order valence-electron chi connectivity index (χ4n) is 2.99. The first-order valence-corrected chi connectivity index (χ1v) is 9.55. The van der Waals surface area contributed by atoms with Crippen molar-refractivity contribution in [2.75, 3.05) is 7.05 Å². The van der Waals surface area contributed by atoms with E-state index >= 15 is 0 Å². The third-order valence-electron chi connectivity index (χ3n) is 4.60. The van der Waals surface area contributed by atoms with E-state index in [9.17, 15) is 14.0 Å². The summed E-state index contributed by atoms with van der Waals surface area (Å²) in [5.41, 5.74) is 7.50. The summed E-state index contributed by atoms with van der Waals surface area (Å²) in [6.45, 7) is 0.404. The molecule has 158 valence electrons. The summed E-state index contributed by atoms with van der Waals surface area (Å²) in [5.74, 6) is -1.01. The number of carbonyl (C=O) groups excluding carboxylic acids is 2. The minimum absolute atomic E-state index is 0.312. The number of aromatic nitrogens is 1. The van der Waals surface area contributed by atoms with Crippen LogP contribution in [0.5, 0.6) is 5.75 Å². The van der Waals surface area contributed by atoms with E-state index in [1.54, 1.807) is 48.8 Å². The maximum Gasteiger partial charge on any atom is 0.247 e. The van der Waals surface area contributed by atoms with Crippen LogP contribution in [0.4, 0.5) is 4.39 Å². The number of rotatable bonds is 8. The molecule has 3 aromatic rings. The molecule has 0 aliphatic heterocycles. The largest absolute Gasteiger partial charge is 0.489 e. The highest BCUT2D eigenvalue weighted by molar-refractivity contribution is 5.95. The van der Waals surface area contributed by atoms with E-state index in [0.717, 1.165) is 11.1 Å². The molecule has 0 aliphatic rings. The molecular formula is C24H22FN3O3. The van der Waals surface area contributed by atoms with Crippen LogP contribution in [0.2, 0.25) is 0 Å². The molecule has 0 spiro atoms. The smallest absolute Gasteiger partial charge is 0.247 e. The van der Waals surface area contributed by atoms with Crippen molar-refractivity contribution in [3.63, 3.8) is 0 Å². The summed E-state index contributed by atoms with van der Waals surface area (Å²) in [6, 6.07) is 15.4. The van der Waals surface area contributed by atoms with Crippen LogP contribution in [0, 0.1) is 5.82 Å². The molecule has 2 amide bonds. The van der Waals surface area contributed by atoms with Crippen LogP contribution in [0.25, 0.3) is 6.08 Å². The molecule has 1 atom stereocenters. The number of ether oxygens (including phenoxy) is 1. The number of amides is 2. The lowest BCUT2D eigenvalue weighted by atomic mass is 10.0. The molecule has 2 N–H and O–H groups in total. The first-order valence-electron chi connectivity index (χ1n) is 9.55. The summed E-state index contributed by atoms with van der Waals surface area (Å²) in [5, 5.41) is 0. The van der Waals surface area contributed by atoms with Gasteiger partial charge in [-0.1, -0.05) is 30.3 Å². The van der Waals surface area contributed by atoms with Gasteiger partial charge in [0, 0.05) is 31.1 Å². The molecule has 3 rings (SSSR count). The van der Waals surface area contributed by atoms with Gasteiger partial charge in [0.25, 0.3) is 0 Å². The SMILES string of the molecule is CN(C(=O)/C=C/c1ccc(OCc2cccnc2)cc1)C(C(N)=O)c1cccc(F)c1. The number of nitrogens with zero attached hydrogens (tertiary/aromatic N) is 2. The third-order valence-corrected chi connectivity index (χ3v) is 4.60. The Hall–Kier alpha value is -4.00. The molecule has 0 saturated heterocycles. The minimum Gasteiger partial charge on any atom is -0.489 e. The number of benzene rings is 2. The molecule has 0 bridgehead atoms. The molecule has 1 heterocycles. The van der Waals surface area contributed by atoms with E-state index in [-0.39, 0.29) is 0 Å². The van der Waals surface area contributed by atoms with E-state index in [4.69, 9.17) is 10.5 Å². The van der Waals surface area contributed by atoms with Gasteiger partial charge in [0.1, 0.15) is 24.2 Å². The quantitative estimate of drug-likeness (QED) is 0.567. The van der Waals surface area contributed by atoms with Crippen LogP contribution in [0.1, 0.15) is 22.7 Å². The highest BCUT2D eigenvalue weighted by atomic mass is 19.1. The van der Waals surface area contributed by atoms with Gasteiger partial charge in [0.15, 0.2) is 0 Å². The molecular weight excluding hydrogens is 397 g/mol. The van der Waals surface area contributed by atoms with Gasteiger partial charge in [-0.05, 0) is 47.5 Å². The van der Waals surface area contributed by atoms with Crippen molar-refractivity contribution in [3.05, 3.63) is 102 Å². The summed E-state index contributed by atoms with van der Waals surface area (Å²) in [7, 11) is 1.45. The predicted octanol–water partition coefficient (Wildman–Crippen LogP) is 3.50. The number of nitrogens with two attached hydrogens (primary N) is 1. The van der Waals surface area contributed by atoms with Crippen LogP contribution in [-0.4, -0.2) is 28.7 Å². The number of hydrogen-bond donors (Lipinski definition) is 1. The number of carbonyl (C=O) groups is 2. The van der Waals surface area contributed by atoms with Crippen LogP contribution in [0.15, 0.2) is 79.1 Å². The fourth-order valence-corrected chi connectivity index (χ4v) is 2.99. The molecule has 6 nitrogen and oxygen atoms in total. The Morgan fingerprint density at radius 1 is 1.16 bits per heavy atom. The molecule has 1 aromatic heterocycles. The van der Waals surface area contributed by atoms with Crippen LogP contribution in [0.3, 0.4) is 0 Å². The summed E-state index contributed by atoms with van der Waals surface area (Å²) in [4.78, 5) is 29.7. The van der Waals surface area contributed by atoms with Crippen molar-refractivity contribution in [2.24, 2.45) is 5.73 Å². The fraction of sp³-hybridized carbons (Fsp3) is 0.125. The summed E-state index contributed by atoms with van der Waals surface area (Å²) < 4.78 is 19.2. The average molecular weight is 419 g/mol. The third kappa shape index (κ3) is 5.99. The van der Waals surface area contributed by atoms with E-state index < -0.39 is 23.7 Å². The molecule has 0 radical (unpaired) electrons. The van der Waals surface area contributed by atoms with Gasteiger partial charge in [-0.25, -0.2) is 4.39 Å². The Balaban J connectivity index is 1.63. The number of hydrogen-bond acceptors (Lipinski definition) is 4. The summed E-state index contributed by atoms with van der Waals surface area (Å²) in [6.07, 6.45) is 6.39. The zero-order valence-electron chi connectivity index (χ0n) is 16.9. The first kappa shape index (κ1) is 21.7. The Morgan fingerprint density at radius 3 is 2.58 bits per heavy atom. The lowest BCUT2D eigenvalue weighted by Crippen LogP contribution is -2.38. The van der Waals surface area contributed by atoms with Crippen LogP contribution < -0.4 is 10.5 Å².